The van der Waals surface area contributed by atoms with Crippen LogP contribution in [0.15, 0.2) is 53.9 Å². The van der Waals surface area contributed by atoms with Gasteiger partial charge in [0.15, 0.2) is 0 Å². The van der Waals surface area contributed by atoms with E-state index in [4.69, 9.17) is 0 Å². The first kappa shape index (κ1) is 18.4. The summed E-state index contributed by atoms with van der Waals surface area (Å²) in [6.07, 6.45) is 3.54. The number of nitrogens with zero attached hydrogens (tertiary/aromatic N) is 3. The molecule has 4 rings (SSSR count). The zero-order chi connectivity index (χ0) is 17.1. The van der Waals surface area contributed by atoms with Crippen molar-refractivity contribution in [3.8, 4) is 6.07 Å². The van der Waals surface area contributed by atoms with Crippen molar-refractivity contribution in [2.75, 3.05) is 24.6 Å². The lowest BCUT2D eigenvalue weighted by molar-refractivity contribution is 0.216. The van der Waals surface area contributed by atoms with Crippen LogP contribution in [0, 0.1) is 11.3 Å². The Labute approximate surface area is 158 Å². The molecule has 1 aromatic heterocycles. The highest BCUT2D eigenvalue weighted by Gasteiger charge is 2.22. The van der Waals surface area contributed by atoms with Crippen LogP contribution in [0.3, 0.4) is 0 Å². The molecule has 26 heavy (non-hydrogen) atoms. The second-order valence-electron chi connectivity index (χ2n) is 6.40. The van der Waals surface area contributed by atoms with Crippen LogP contribution in [0.4, 0.5) is 5.69 Å². The number of thiophene rings is 1. The molecule has 0 unspecified atom stereocenters. The Hall–Kier alpha value is -2.39. The molecule has 134 valence electrons. The van der Waals surface area contributed by atoms with E-state index < -0.39 is 0 Å². The summed E-state index contributed by atoms with van der Waals surface area (Å²) >= 11 is 1.83. The maximum absolute atomic E-state index is 9.41. The average molecular weight is 366 g/mol. The van der Waals surface area contributed by atoms with E-state index in [1.807, 2.05) is 23.5 Å². The van der Waals surface area contributed by atoms with Crippen LogP contribution in [0.1, 0.15) is 23.3 Å². The molecule has 0 bridgehead atoms. The Balaban J connectivity index is 0.00000196. The highest BCUT2D eigenvalue weighted by molar-refractivity contribution is 7.09. The van der Waals surface area contributed by atoms with E-state index in [0.717, 1.165) is 37.0 Å². The molecule has 1 fully saturated rings. The van der Waals surface area contributed by atoms with E-state index in [9.17, 15) is 5.26 Å². The minimum absolute atomic E-state index is 0. The molecule has 0 saturated carbocycles. The zero-order valence-electron chi connectivity index (χ0n) is 14.7. The van der Waals surface area contributed by atoms with Gasteiger partial charge in [-0.25, -0.2) is 5.01 Å². The van der Waals surface area contributed by atoms with Gasteiger partial charge in [-0.2, -0.15) is 5.26 Å². The second-order valence-corrected chi connectivity index (χ2v) is 7.44. The molecule has 1 saturated heterocycles. The van der Waals surface area contributed by atoms with Gasteiger partial charge in [0.05, 0.1) is 17.3 Å². The number of hydrazine groups is 1. The number of hydrogen-bond donors (Lipinski definition) is 0. The van der Waals surface area contributed by atoms with E-state index in [-0.39, 0.29) is 5.48 Å². The van der Waals surface area contributed by atoms with E-state index in [1.165, 1.54) is 28.8 Å². The van der Waals surface area contributed by atoms with Gasteiger partial charge < -0.3 is 10.5 Å². The van der Waals surface area contributed by atoms with Crippen LogP contribution >= 0.6 is 11.3 Å². The molecule has 0 aliphatic carbocycles. The standard InChI is InChI=1S/C21H21N3S.H2O/c22-16-17-9-10-21(20-8-2-1-7-19(17)20)24-13-4-3-12-23(24)14-11-18-6-5-15-25-18;/h1-2,5-10,15H,3-4,11-14H2;1H2. The first-order valence-electron chi connectivity index (χ1n) is 8.83. The van der Waals surface area contributed by atoms with Crippen LogP contribution in [-0.4, -0.2) is 30.1 Å². The van der Waals surface area contributed by atoms with Crippen molar-refractivity contribution in [1.29, 1.82) is 5.26 Å². The smallest absolute Gasteiger partial charge is 0.0998 e. The minimum Gasteiger partial charge on any atom is -0.412 e. The summed E-state index contributed by atoms with van der Waals surface area (Å²) in [4.78, 5) is 1.44. The van der Waals surface area contributed by atoms with Crippen molar-refractivity contribution in [2.45, 2.75) is 19.3 Å². The normalized spacial score (nSPS) is 14.8. The van der Waals surface area contributed by atoms with Gasteiger partial charge in [-0.3, -0.25) is 0 Å². The van der Waals surface area contributed by atoms with Gasteiger partial charge in [-0.05, 0) is 42.8 Å². The summed E-state index contributed by atoms with van der Waals surface area (Å²) in [6.45, 7) is 3.18. The third-order valence-electron chi connectivity index (χ3n) is 4.87. The molecular formula is C21H23N3OS. The van der Waals surface area contributed by atoms with Crippen molar-refractivity contribution < 1.29 is 5.48 Å². The molecule has 1 aliphatic rings. The first-order chi connectivity index (χ1) is 12.4. The predicted octanol–water partition coefficient (Wildman–Crippen LogP) is 4.01. The largest absolute Gasteiger partial charge is 0.412 e. The highest BCUT2D eigenvalue weighted by Crippen LogP contribution is 2.32. The number of fused-ring (bicyclic) bond motifs is 1. The van der Waals surface area contributed by atoms with Crippen LogP contribution < -0.4 is 5.01 Å². The van der Waals surface area contributed by atoms with Gasteiger partial charge >= 0.3 is 0 Å². The van der Waals surface area contributed by atoms with Crippen LogP contribution in [0.2, 0.25) is 0 Å². The number of hydrogen-bond acceptors (Lipinski definition) is 4. The van der Waals surface area contributed by atoms with Crippen LogP contribution in [0.5, 0.6) is 0 Å². The molecule has 2 aromatic carbocycles. The van der Waals surface area contributed by atoms with Crippen molar-refractivity contribution in [2.24, 2.45) is 0 Å². The third-order valence-corrected chi connectivity index (χ3v) is 5.81. The average Bonchev–Trinajstić information content (AvgIpc) is 3.19. The summed E-state index contributed by atoms with van der Waals surface area (Å²) in [7, 11) is 0. The molecule has 2 heterocycles. The molecule has 5 heteroatoms. The summed E-state index contributed by atoms with van der Waals surface area (Å²) in [5, 5.41) is 18.7. The number of anilines is 1. The summed E-state index contributed by atoms with van der Waals surface area (Å²) in [5.41, 5.74) is 1.97. The van der Waals surface area contributed by atoms with Crippen molar-refractivity contribution >= 4 is 27.8 Å². The summed E-state index contributed by atoms with van der Waals surface area (Å²) in [5.74, 6) is 0. The number of nitriles is 1. The predicted molar refractivity (Wildman–Crippen MR) is 108 cm³/mol. The first-order valence-corrected chi connectivity index (χ1v) is 9.71. The molecular weight excluding hydrogens is 342 g/mol. The molecule has 4 nitrogen and oxygen atoms in total. The summed E-state index contributed by atoms with van der Waals surface area (Å²) in [6, 6.07) is 19.0. The Bertz CT molecular complexity index is 901. The Morgan fingerprint density at radius 2 is 1.77 bits per heavy atom. The fourth-order valence-corrected chi connectivity index (χ4v) is 4.32. The molecule has 0 radical (unpaired) electrons. The molecule has 0 amide bonds. The number of rotatable bonds is 4. The Kier molecular flexibility index (Phi) is 5.89. The maximum Gasteiger partial charge on any atom is 0.0998 e. The monoisotopic (exact) mass is 365 g/mol. The lowest BCUT2D eigenvalue weighted by Gasteiger charge is -2.41. The van der Waals surface area contributed by atoms with Gasteiger partial charge in [0.25, 0.3) is 0 Å². The van der Waals surface area contributed by atoms with Gasteiger partial charge in [0.2, 0.25) is 0 Å². The Morgan fingerprint density at radius 3 is 2.54 bits per heavy atom. The maximum atomic E-state index is 9.41. The zero-order valence-corrected chi connectivity index (χ0v) is 15.5. The van der Waals surface area contributed by atoms with E-state index >= 15 is 0 Å². The van der Waals surface area contributed by atoms with E-state index in [2.05, 4.69) is 57.9 Å². The second kappa shape index (κ2) is 8.33. The van der Waals surface area contributed by atoms with Crippen LogP contribution in [0.25, 0.3) is 10.8 Å². The fourth-order valence-electron chi connectivity index (χ4n) is 3.62. The van der Waals surface area contributed by atoms with Crippen LogP contribution in [-0.2, 0) is 6.42 Å². The van der Waals surface area contributed by atoms with Gasteiger partial charge in [-0.15, -0.1) is 11.3 Å². The lowest BCUT2D eigenvalue weighted by Crippen LogP contribution is -2.48. The van der Waals surface area contributed by atoms with E-state index in [1.54, 1.807) is 0 Å². The highest BCUT2D eigenvalue weighted by atomic mass is 32.1. The van der Waals surface area contributed by atoms with Crippen molar-refractivity contribution in [1.82, 2.24) is 5.01 Å². The fraction of sp³-hybridized carbons (Fsp3) is 0.286. The molecule has 1 aliphatic heterocycles. The SMILES string of the molecule is N#Cc1ccc(N2CCCCN2CCc2cccs2)c2ccccc12.O. The molecule has 0 atom stereocenters. The number of benzene rings is 2. The Morgan fingerprint density at radius 1 is 0.962 bits per heavy atom. The molecule has 2 N–H and O–H groups in total. The van der Waals surface area contributed by atoms with Gasteiger partial charge in [-0.1, -0.05) is 30.3 Å². The topological polar surface area (TPSA) is 61.8 Å². The summed E-state index contributed by atoms with van der Waals surface area (Å²) < 4.78 is 0. The molecule has 0 spiro atoms. The minimum atomic E-state index is 0. The van der Waals surface area contributed by atoms with Crippen molar-refractivity contribution in [3.05, 3.63) is 64.4 Å². The molecule has 3 aromatic rings. The van der Waals surface area contributed by atoms with Gasteiger partial charge in [0, 0.05) is 35.3 Å². The quantitative estimate of drug-likeness (QED) is 0.702. The van der Waals surface area contributed by atoms with E-state index in [0.29, 0.717) is 0 Å². The third kappa shape index (κ3) is 3.58. The van der Waals surface area contributed by atoms with Crippen molar-refractivity contribution in [3.63, 3.8) is 0 Å². The lowest BCUT2D eigenvalue weighted by atomic mass is 10.0. The van der Waals surface area contributed by atoms with Gasteiger partial charge in [0.1, 0.15) is 0 Å².